The fourth-order valence-electron chi connectivity index (χ4n) is 2.32. The summed E-state index contributed by atoms with van der Waals surface area (Å²) in [5.74, 6) is 0.984. The van der Waals surface area contributed by atoms with Crippen LogP contribution in [-0.2, 0) is 6.42 Å². The van der Waals surface area contributed by atoms with Crippen molar-refractivity contribution in [1.82, 2.24) is 9.97 Å². The normalized spacial score (nSPS) is 10.8. The maximum atomic E-state index is 4.75. The van der Waals surface area contributed by atoms with Gasteiger partial charge in [-0.2, -0.15) is 0 Å². The third-order valence-corrected chi connectivity index (χ3v) is 4.67. The Morgan fingerprint density at radius 3 is 2.43 bits per heavy atom. The van der Waals surface area contributed by atoms with E-state index in [1.807, 2.05) is 24.3 Å². The Morgan fingerprint density at radius 1 is 1.00 bits per heavy atom. The zero-order chi connectivity index (χ0) is 14.8. The number of nitrogens with one attached hydrogen (secondary N) is 1. The second kappa shape index (κ2) is 6.16. The largest absolute Gasteiger partial charge is 0.345 e. The van der Waals surface area contributed by atoms with Gasteiger partial charge in [0.25, 0.3) is 0 Å². The summed E-state index contributed by atoms with van der Waals surface area (Å²) < 4.78 is 2.19. The molecule has 2 aromatic carbocycles. The zero-order valence-corrected chi connectivity index (χ0v) is 14.7. The number of aromatic amines is 1. The molecule has 4 heteroatoms. The summed E-state index contributed by atoms with van der Waals surface area (Å²) in [7, 11) is 0. The molecule has 0 bridgehead atoms. The van der Waals surface area contributed by atoms with Crippen molar-refractivity contribution in [1.29, 1.82) is 0 Å². The minimum Gasteiger partial charge on any atom is -0.345 e. The number of aryl methyl sites for hydroxylation is 1. The van der Waals surface area contributed by atoms with Crippen LogP contribution in [0, 0.1) is 6.92 Å². The molecule has 0 unspecified atom stereocenters. The predicted octanol–water partition coefficient (Wildman–Crippen LogP) is 5.50. The Kier molecular flexibility index (Phi) is 4.27. The van der Waals surface area contributed by atoms with Crippen molar-refractivity contribution >= 4 is 31.9 Å². The van der Waals surface area contributed by atoms with Gasteiger partial charge in [-0.15, -0.1) is 0 Å². The average Bonchev–Trinajstić information content (AvgIpc) is 2.83. The zero-order valence-electron chi connectivity index (χ0n) is 11.5. The van der Waals surface area contributed by atoms with E-state index in [0.29, 0.717) is 0 Å². The van der Waals surface area contributed by atoms with Crippen LogP contribution in [0.25, 0.3) is 11.3 Å². The summed E-state index contributed by atoms with van der Waals surface area (Å²) in [5, 5.41) is 0. The van der Waals surface area contributed by atoms with E-state index >= 15 is 0 Å². The number of aromatic nitrogens is 2. The monoisotopic (exact) mass is 404 g/mol. The van der Waals surface area contributed by atoms with Gasteiger partial charge in [0.05, 0.1) is 5.69 Å². The molecular weight excluding hydrogens is 392 g/mol. The van der Waals surface area contributed by atoms with Crippen LogP contribution in [-0.4, -0.2) is 9.97 Å². The highest BCUT2D eigenvalue weighted by Gasteiger charge is 2.10. The fraction of sp³-hybridized carbons (Fsp3) is 0.118. The van der Waals surface area contributed by atoms with Gasteiger partial charge in [0.2, 0.25) is 0 Å². The summed E-state index contributed by atoms with van der Waals surface area (Å²) in [6.45, 7) is 2.06. The predicted molar refractivity (Wildman–Crippen MR) is 93.4 cm³/mol. The van der Waals surface area contributed by atoms with Crippen LogP contribution in [0.1, 0.15) is 17.1 Å². The van der Waals surface area contributed by atoms with Gasteiger partial charge in [0.1, 0.15) is 5.82 Å². The molecule has 1 aromatic heterocycles. The molecule has 0 aliphatic carbocycles. The highest BCUT2D eigenvalue weighted by atomic mass is 79.9. The molecule has 0 spiro atoms. The smallest absolute Gasteiger partial charge is 0.111 e. The van der Waals surface area contributed by atoms with Gasteiger partial charge in [-0.05, 0) is 30.7 Å². The van der Waals surface area contributed by atoms with Crippen molar-refractivity contribution in [2.45, 2.75) is 13.3 Å². The first kappa shape index (κ1) is 14.5. The minimum atomic E-state index is 0.790. The SMILES string of the molecule is Cc1[nH]c(Cc2ccccc2Br)nc1-c1ccc(Br)cc1. The number of nitrogens with zero attached hydrogens (tertiary/aromatic N) is 1. The highest BCUT2D eigenvalue weighted by Crippen LogP contribution is 2.25. The third-order valence-electron chi connectivity index (χ3n) is 3.37. The van der Waals surface area contributed by atoms with E-state index in [4.69, 9.17) is 4.98 Å². The second-order valence-electron chi connectivity index (χ2n) is 4.93. The molecular formula is C17H14Br2N2. The summed E-state index contributed by atoms with van der Waals surface area (Å²) in [6, 6.07) is 16.5. The second-order valence-corrected chi connectivity index (χ2v) is 6.70. The number of rotatable bonds is 3. The molecule has 106 valence electrons. The maximum absolute atomic E-state index is 4.75. The Morgan fingerprint density at radius 2 is 1.71 bits per heavy atom. The van der Waals surface area contributed by atoms with Crippen molar-refractivity contribution in [3.05, 3.63) is 74.6 Å². The van der Waals surface area contributed by atoms with Crippen LogP contribution in [0.5, 0.6) is 0 Å². The lowest BCUT2D eigenvalue weighted by molar-refractivity contribution is 1.01. The molecule has 3 aromatic rings. The molecule has 1 N–H and O–H groups in total. The summed E-state index contributed by atoms with van der Waals surface area (Å²) in [4.78, 5) is 8.14. The van der Waals surface area contributed by atoms with E-state index in [-0.39, 0.29) is 0 Å². The summed E-state index contributed by atoms with van der Waals surface area (Å²) in [5.41, 5.74) is 4.47. The van der Waals surface area contributed by atoms with Crippen LogP contribution in [0.3, 0.4) is 0 Å². The van der Waals surface area contributed by atoms with Crippen LogP contribution in [0.4, 0.5) is 0 Å². The Bertz CT molecular complexity index is 761. The lowest BCUT2D eigenvalue weighted by atomic mass is 10.1. The van der Waals surface area contributed by atoms with E-state index in [9.17, 15) is 0 Å². The number of imidazole rings is 1. The first-order valence-electron chi connectivity index (χ1n) is 6.68. The Balaban J connectivity index is 1.91. The quantitative estimate of drug-likeness (QED) is 0.612. The minimum absolute atomic E-state index is 0.790. The maximum Gasteiger partial charge on any atom is 0.111 e. The van der Waals surface area contributed by atoms with E-state index in [0.717, 1.165) is 38.1 Å². The molecule has 3 rings (SSSR count). The molecule has 0 amide bonds. The van der Waals surface area contributed by atoms with Crippen molar-refractivity contribution in [3.8, 4) is 11.3 Å². The Labute approximate surface area is 140 Å². The van der Waals surface area contributed by atoms with Crippen LogP contribution in [0.2, 0.25) is 0 Å². The summed E-state index contributed by atoms with van der Waals surface area (Å²) >= 11 is 7.05. The standard InChI is InChI=1S/C17H14Br2N2/c1-11-17(12-6-8-14(18)9-7-12)21-16(20-11)10-13-4-2-3-5-15(13)19/h2-9H,10H2,1H3,(H,20,21). The van der Waals surface area contributed by atoms with Gasteiger partial charge in [-0.3, -0.25) is 0 Å². The lowest BCUT2D eigenvalue weighted by Crippen LogP contribution is -1.91. The van der Waals surface area contributed by atoms with Crippen molar-refractivity contribution < 1.29 is 0 Å². The number of halogens is 2. The van der Waals surface area contributed by atoms with Gasteiger partial charge in [-0.25, -0.2) is 4.98 Å². The molecule has 0 saturated heterocycles. The molecule has 0 radical (unpaired) electrons. The topological polar surface area (TPSA) is 28.7 Å². The molecule has 1 heterocycles. The fourth-order valence-corrected chi connectivity index (χ4v) is 3.01. The van der Waals surface area contributed by atoms with Crippen molar-refractivity contribution in [2.75, 3.05) is 0 Å². The molecule has 2 nitrogen and oxygen atoms in total. The number of hydrogen-bond donors (Lipinski definition) is 1. The van der Waals surface area contributed by atoms with E-state index in [2.05, 4.69) is 68.0 Å². The first-order valence-corrected chi connectivity index (χ1v) is 8.27. The van der Waals surface area contributed by atoms with Crippen molar-refractivity contribution in [3.63, 3.8) is 0 Å². The molecule has 21 heavy (non-hydrogen) atoms. The third kappa shape index (κ3) is 3.27. The Hall–Kier alpha value is -1.39. The molecule has 0 aliphatic rings. The van der Waals surface area contributed by atoms with E-state index < -0.39 is 0 Å². The number of H-pyrrole nitrogens is 1. The van der Waals surface area contributed by atoms with E-state index in [1.54, 1.807) is 0 Å². The van der Waals surface area contributed by atoms with E-state index in [1.165, 1.54) is 5.56 Å². The first-order chi connectivity index (χ1) is 10.1. The van der Waals surface area contributed by atoms with Crippen LogP contribution >= 0.6 is 31.9 Å². The van der Waals surface area contributed by atoms with Gasteiger partial charge >= 0.3 is 0 Å². The molecule has 0 aliphatic heterocycles. The number of hydrogen-bond acceptors (Lipinski definition) is 1. The molecule has 0 saturated carbocycles. The van der Waals surface area contributed by atoms with Gasteiger partial charge < -0.3 is 4.98 Å². The van der Waals surface area contributed by atoms with Crippen molar-refractivity contribution in [2.24, 2.45) is 0 Å². The summed E-state index contributed by atoms with van der Waals surface area (Å²) in [6.07, 6.45) is 0.790. The molecule has 0 fully saturated rings. The van der Waals surface area contributed by atoms with Gasteiger partial charge in [-0.1, -0.05) is 62.2 Å². The highest BCUT2D eigenvalue weighted by molar-refractivity contribution is 9.10. The van der Waals surface area contributed by atoms with Crippen LogP contribution < -0.4 is 0 Å². The molecule has 0 atom stereocenters. The van der Waals surface area contributed by atoms with Gasteiger partial charge in [0, 0.05) is 26.6 Å². The van der Waals surface area contributed by atoms with Crippen LogP contribution in [0.15, 0.2) is 57.5 Å². The lowest BCUT2D eigenvalue weighted by Gasteiger charge is -2.01. The number of benzene rings is 2. The average molecular weight is 406 g/mol. The van der Waals surface area contributed by atoms with Gasteiger partial charge in [0.15, 0.2) is 0 Å².